The molecule has 2 heterocycles. The van der Waals surface area contributed by atoms with Gasteiger partial charge in [-0.3, -0.25) is 12.2 Å². The summed E-state index contributed by atoms with van der Waals surface area (Å²) >= 11 is 0. The van der Waals surface area contributed by atoms with Gasteiger partial charge in [-0.1, -0.05) is 0 Å². The zero-order valence-corrected chi connectivity index (χ0v) is 37.3. The van der Waals surface area contributed by atoms with E-state index in [-0.39, 0.29) is 21.7 Å². The predicted octanol–water partition coefficient (Wildman–Crippen LogP) is 9.20. The third kappa shape index (κ3) is 14.2. The maximum absolute atomic E-state index is 14.2. The standard InChI is InChI=1S/2C18H24F2N3.2C5H5.Ti/c2*1-12-15(10-21(3)4)16(11-22(5)6)13(2)23(12)18-8-7-14(19)9-17(18)20;2*1-2-4-5-3-1;/h2*7-8H,10-11H2,1-6H3;2*1-3H,4H2;/q4*-1;+4. The van der Waals surface area contributed by atoms with Gasteiger partial charge in [-0.15, -0.1) is 49.2 Å². The molecule has 2 aromatic carbocycles. The smallest absolute Gasteiger partial charge is 0.369 e. The van der Waals surface area contributed by atoms with E-state index in [1.54, 1.807) is 0 Å². The van der Waals surface area contributed by atoms with Crippen LogP contribution in [-0.4, -0.2) is 85.1 Å². The van der Waals surface area contributed by atoms with Crippen LogP contribution < -0.4 is 0 Å². The van der Waals surface area contributed by atoms with Gasteiger partial charge in [-0.2, -0.15) is 12.2 Å². The summed E-state index contributed by atoms with van der Waals surface area (Å²) in [5, 5.41) is 0. The minimum Gasteiger partial charge on any atom is -0.369 e. The molecule has 11 heteroatoms. The first kappa shape index (κ1) is 49.4. The van der Waals surface area contributed by atoms with Crippen LogP contribution in [0.4, 0.5) is 17.6 Å². The summed E-state index contributed by atoms with van der Waals surface area (Å²) in [6, 6.07) is 9.69. The molecule has 0 bridgehead atoms. The van der Waals surface area contributed by atoms with E-state index in [0.29, 0.717) is 11.4 Å². The van der Waals surface area contributed by atoms with Gasteiger partial charge in [-0.25, -0.2) is 41.9 Å². The summed E-state index contributed by atoms with van der Waals surface area (Å²) < 4.78 is 58.5. The molecule has 0 spiro atoms. The fourth-order valence-electron chi connectivity index (χ4n) is 6.64. The van der Waals surface area contributed by atoms with Crippen molar-refractivity contribution in [2.75, 3.05) is 56.4 Å². The van der Waals surface area contributed by atoms with Crippen LogP contribution in [0.2, 0.25) is 0 Å². The molecular weight excluding hydrogens is 760 g/mol. The van der Waals surface area contributed by atoms with E-state index in [4.69, 9.17) is 0 Å². The average Bonchev–Trinajstić information content (AvgIpc) is 3.94. The van der Waals surface area contributed by atoms with E-state index in [2.05, 4.69) is 56.0 Å². The summed E-state index contributed by atoms with van der Waals surface area (Å²) in [4.78, 5) is 8.38. The number of rotatable bonds is 10. The van der Waals surface area contributed by atoms with Crippen LogP contribution in [0.3, 0.4) is 0 Å². The summed E-state index contributed by atoms with van der Waals surface area (Å²) in [5.41, 5.74) is 9.33. The van der Waals surface area contributed by atoms with Gasteiger partial charge in [-0.05, 0) is 118 Å². The van der Waals surface area contributed by atoms with Crippen molar-refractivity contribution in [1.82, 2.24) is 28.7 Å². The Morgan fingerprint density at radius 2 is 0.772 bits per heavy atom. The molecule has 2 aromatic heterocycles. The van der Waals surface area contributed by atoms with E-state index in [9.17, 15) is 17.6 Å². The molecule has 6 rings (SSSR count). The van der Waals surface area contributed by atoms with Crippen molar-refractivity contribution < 1.29 is 39.3 Å². The predicted molar refractivity (Wildman–Crippen MR) is 221 cm³/mol. The molecule has 0 amide bonds. The number of benzene rings is 2. The van der Waals surface area contributed by atoms with Crippen LogP contribution in [0.5, 0.6) is 0 Å². The Kier molecular flexibility index (Phi) is 20.4. The van der Waals surface area contributed by atoms with E-state index < -0.39 is 23.3 Å². The fourth-order valence-corrected chi connectivity index (χ4v) is 6.64. The van der Waals surface area contributed by atoms with Crippen molar-refractivity contribution in [3.63, 3.8) is 0 Å². The number of hydrogen-bond acceptors (Lipinski definition) is 4. The average molecular weight is 819 g/mol. The first-order chi connectivity index (χ1) is 26.4. The monoisotopic (exact) mass is 818 g/mol. The minimum atomic E-state index is -0.684. The molecule has 57 heavy (non-hydrogen) atoms. The second-order valence-electron chi connectivity index (χ2n) is 14.9. The number of nitrogens with zero attached hydrogens (tertiary/aromatic N) is 6. The van der Waals surface area contributed by atoms with Crippen molar-refractivity contribution in [2.45, 2.75) is 66.7 Å². The third-order valence-electron chi connectivity index (χ3n) is 9.05. The molecule has 0 radical (unpaired) electrons. The Morgan fingerprint density at radius 1 is 0.491 bits per heavy atom. The second-order valence-corrected chi connectivity index (χ2v) is 14.9. The molecule has 0 atom stereocenters. The molecule has 2 aliphatic rings. The van der Waals surface area contributed by atoms with Crippen molar-refractivity contribution >= 4 is 0 Å². The first-order valence-corrected chi connectivity index (χ1v) is 18.6. The van der Waals surface area contributed by atoms with Crippen LogP contribution in [0.15, 0.2) is 60.7 Å². The van der Waals surface area contributed by atoms with Gasteiger partial charge < -0.3 is 28.7 Å². The molecule has 6 nitrogen and oxygen atoms in total. The second kappa shape index (κ2) is 23.6. The molecule has 0 fully saturated rings. The van der Waals surface area contributed by atoms with Crippen molar-refractivity contribution in [1.29, 1.82) is 0 Å². The van der Waals surface area contributed by atoms with Crippen LogP contribution in [0.25, 0.3) is 11.4 Å². The Bertz CT molecular complexity index is 1790. The minimum absolute atomic E-state index is 0. The van der Waals surface area contributed by atoms with Crippen LogP contribution >= 0.6 is 0 Å². The van der Waals surface area contributed by atoms with Gasteiger partial charge in [0.1, 0.15) is 0 Å². The molecule has 0 N–H and O–H groups in total. The SMILES string of the molecule is Cc1c(CN(C)C)c(CN(C)C)c(C)n1-c1ccc(F)[c-]c1F.Cc1c(CN(C)C)c(CN(C)C)c(C)n1-c1ccc(F)[c-]c1F.[C-]1=CC=CC1.[C-]1=CC=CC1.[Ti+4]. The zero-order valence-electron chi connectivity index (χ0n) is 35.7. The summed E-state index contributed by atoms with van der Waals surface area (Å²) in [5.74, 6) is -2.70. The third-order valence-corrected chi connectivity index (χ3v) is 9.05. The van der Waals surface area contributed by atoms with Gasteiger partial charge >= 0.3 is 21.7 Å². The quantitative estimate of drug-likeness (QED) is 0.0905. The summed E-state index contributed by atoms with van der Waals surface area (Å²) in [7, 11) is 16.1. The number of aromatic nitrogens is 2. The van der Waals surface area contributed by atoms with E-state index in [0.717, 1.165) is 61.8 Å². The largest absolute Gasteiger partial charge is 4.00 e. The number of allylic oxidation sites excluding steroid dienone is 8. The molecular formula is C46H58F4N6Ti. The molecule has 0 saturated heterocycles. The van der Waals surface area contributed by atoms with Gasteiger partial charge in [0.15, 0.2) is 0 Å². The Labute approximate surface area is 354 Å². The summed E-state index contributed by atoms with van der Waals surface area (Å²) in [6.07, 6.45) is 20.0. The van der Waals surface area contributed by atoms with Crippen molar-refractivity contribution in [3.05, 3.63) is 153 Å². The van der Waals surface area contributed by atoms with Crippen LogP contribution in [0.1, 0.15) is 57.9 Å². The van der Waals surface area contributed by atoms with E-state index in [1.165, 1.54) is 46.5 Å². The van der Waals surface area contributed by atoms with Gasteiger partial charge in [0.2, 0.25) is 0 Å². The maximum atomic E-state index is 14.2. The Hall–Kier alpha value is -3.77. The zero-order chi connectivity index (χ0) is 41.7. The molecule has 0 saturated carbocycles. The first-order valence-electron chi connectivity index (χ1n) is 18.6. The fraction of sp³-hybridized carbons (Fsp3) is 0.391. The van der Waals surface area contributed by atoms with Crippen molar-refractivity contribution in [2.24, 2.45) is 0 Å². The van der Waals surface area contributed by atoms with Crippen molar-refractivity contribution in [3.8, 4) is 11.4 Å². The molecule has 2 aliphatic carbocycles. The van der Waals surface area contributed by atoms with Crippen LogP contribution in [0, 0.1) is 75.2 Å². The van der Waals surface area contributed by atoms with Gasteiger partial charge in [0, 0.05) is 72.2 Å². The van der Waals surface area contributed by atoms with Crippen LogP contribution in [-0.2, 0) is 47.9 Å². The van der Waals surface area contributed by atoms with E-state index >= 15 is 0 Å². The van der Waals surface area contributed by atoms with Gasteiger partial charge in [0.05, 0.1) is 0 Å². The summed E-state index contributed by atoms with van der Waals surface area (Å²) in [6.45, 7) is 11.0. The molecule has 0 unspecified atom stereocenters. The normalized spacial score (nSPS) is 12.6. The number of halogens is 4. The van der Waals surface area contributed by atoms with E-state index in [1.807, 2.05) is 118 Å². The molecule has 4 aromatic rings. The molecule has 0 aliphatic heterocycles. The molecule has 304 valence electrons. The number of hydrogen-bond donors (Lipinski definition) is 0. The topological polar surface area (TPSA) is 22.8 Å². The van der Waals surface area contributed by atoms with Gasteiger partial charge in [0.25, 0.3) is 0 Å². The Morgan fingerprint density at radius 3 is 0.947 bits per heavy atom. The Balaban J connectivity index is 0.000000310. The maximum Gasteiger partial charge on any atom is 4.00 e.